The van der Waals surface area contributed by atoms with Crippen LogP contribution in [0, 0.1) is 12.3 Å². The monoisotopic (exact) mass is 398 g/mol. The predicted molar refractivity (Wildman–Crippen MR) is 109 cm³/mol. The van der Waals surface area contributed by atoms with Crippen LogP contribution in [0.15, 0.2) is 47.5 Å². The molecule has 0 unspecified atom stereocenters. The van der Waals surface area contributed by atoms with Crippen molar-refractivity contribution in [1.82, 2.24) is 9.71 Å². The van der Waals surface area contributed by atoms with E-state index in [2.05, 4.69) is 25.8 Å². The van der Waals surface area contributed by atoms with E-state index in [0.717, 1.165) is 18.8 Å². The summed E-state index contributed by atoms with van der Waals surface area (Å²) in [5.41, 5.74) is 1.38. The lowest BCUT2D eigenvalue weighted by Gasteiger charge is -2.28. The van der Waals surface area contributed by atoms with Crippen LogP contribution in [0.1, 0.15) is 29.6 Å². The Hall–Kier alpha value is -2.89. The Kier molecular flexibility index (Phi) is 6.29. The maximum absolute atomic E-state index is 12.4. The number of rotatable bonds is 6. The summed E-state index contributed by atoms with van der Waals surface area (Å²) in [6.45, 7) is 1.96. The molecule has 28 heavy (non-hydrogen) atoms. The smallest absolute Gasteiger partial charge is 0.256 e. The Morgan fingerprint density at radius 3 is 2.43 bits per heavy atom. The van der Waals surface area contributed by atoms with Crippen LogP contribution in [0.5, 0.6) is 0 Å². The minimum Gasteiger partial charge on any atom is -0.370 e. The van der Waals surface area contributed by atoms with Crippen molar-refractivity contribution in [3.8, 4) is 12.3 Å². The van der Waals surface area contributed by atoms with Crippen LogP contribution in [0.3, 0.4) is 0 Å². The number of pyridine rings is 1. The first-order valence-electron chi connectivity index (χ1n) is 9.05. The van der Waals surface area contributed by atoms with Gasteiger partial charge >= 0.3 is 0 Å². The summed E-state index contributed by atoms with van der Waals surface area (Å²) >= 11 is 0. The molecular weight excluding hydrogens is 376 g/mol. The van der Waals surface area contributed by atoms with Crippen LogP contribution in [0.4, 0.5) is 11.5 Å². The zero-order valence-electron chi connectivity index (χ0n) is 15.4. The van der Waals surface area contributed by atoms with E-state index in [1.165, 1.54) is 43.5 Å². The Morgan fingerprint density at radius 1 is 1.11 bits per heavy atom. The number of aromatic nitrogens is 1. The molecule has 1 fully saturated rings. The van der Waals surface area contributed by atoms with E-state index in [1.54, 1.807) is 12.3 Å². The van der Waals surface area contributed by atoms with Crippen molar-refractivity contribution in [2.45, 2.75) is 24.2 Å². The number of terminal acetylenes is 1. The Morgan fingerprint density at radius 2 is 1.82 bits per heavy atom. The molecule has 146 valence electrons. The van der Waals surface area contributed by atoms with Gasteiger partial charge < -0.3 is 10.2 Å². The number of hydrogen-bond donors (Lipinski definition) is 2. The third-order valence-electron chi connectivity index (χ3n) is 4.50. The quantitative estimate of drug-likeness (QED) is 0.728. The molecule has 2 aromatic rings. The second-order valence-electron chi connectivity index (χ2n) is 6.46. The van der Waals surface area contributed by atoms with Crippen molar-refractivity contribution < 1.29 is 13.2 Å². The molecule has 8 heteroatoms. The van der Waals surface area contributed by atoms with Crippen LogP contribution in [0.2, 0.25) is 0 Å². The number of amides is 1. The number of piperidine rings is 1. The van der Waals surface area contributed by atoms with Gasteiger partial charge in [0.15, 0.2) is 0 Å². The lowest BCUT2D eigenvalue weighted by Crippen LogP contribution is -2.29. The molecule has 0 spiro atoms. The van der Waals surface area contributed by atoms with Gasteiger partial charge in [-0.3, -0.25) is 4.79 Å². The average Bonchev–Trinajstić information content (AvgIpc) is 2.73. The molecule has 0 bridgehead atoms. The molecule has 0 saturated carbocycles. The molecule has 0 radical (unpaired) electrons. The number of hydrogen-bond acceptors (Lipinski definition) is 5. The second-order valence-corrected chi connectivity index (χ2v) is 8.22. The lowest BCUT2D eigenvalue weighted by molar-refractivity contribution is 0.102. The molecule has 2 heterocycles. The van der Waals surface area contributed by atoms with Gasteiger partial charge in [0.05, 0.1) is 23.3 Å². The normalized spacial score (nSPS) is 14.3. The van der Waals surface area contributed by atoms with Crippen LogP contribution < -0.4 is 14.9 Å². The summed E-state index contributed by atoms with van der Waals surface area (Å²) in [5.74, 6) is 2.29. The summed E-state index contributed by atoms with van der Waals surface area (Å²) in [6, 6.07) is 9.33. The van der Waals surface area contributed by atoms with Crippen LogP contribution in [0.25, 0.3) is 0 Å². The number of nitrogens with zero attached hydrogens (tertiary/aromatic N) is 2. The predicted octanol–water partition coefficient (Wildman–Crippen LogP) is 2.24. The van der Waals surface area contributed by atoms with Crippen LogP contribution in [-0.2, 0) is 10.0 Å². The maximum Gasteiger partial charge on any atom is 0.256 e. The van der Waals surface area contributed by atoms with Crippen molar-refractivity contribution in [3.05, 3.63) is 48.2 Å². The van der Waals surface area contributed by atoms with Gasteiger partial charge in [-0.1, -0.05) is 5.92 Å². The Labute approximate surface area is 165 Å². The highest BCUT2D eigenvalue weighted by molar-refractivity contribution is 7.89. The van der Waals surface area contributed by atoms with E-state index in [1.807, 2.05) is 6.07 Å². The van der Waals surface area contributed by atoms with Gasteiger partial charge in [-0.05, 0) is 55.7 Å². The first-order chi connectivity index (χ1) is 13.5. The van der Waals surface area contributed by atoms with Crippen molar-refractivity contribution >= 4 is 27.4 Å². The molecule has 0 aliphatic carbocycles. The van der Waals surface area contributed by atoms with E-state index >= 15 is 0 Å². The fourth-order valence-electron chi connectivity index (χ4n) is 2.99. The molecular formula is C20H22N4O3S. The molecule has 1 aliphatic heterocycles. The number of carbonyl (C=O) groups is 1. The fourth-order valence-corrected chi connectivity index (χ4v) is 3.93. The van der Waals surface area contributed by atoms with Crippen LogP contribution >= 0.6 is 0 Å². The highest BCUT2D eigenvalue weighted by Crippen LogP contribution is 2.20. The SMILES string of the molecule is C#CCNS(=O)(=O)c1ccc(C(=O)Nc2ccc(N3CCCCC3)cn2)cc1. The van der Waals surface area contributed by atoms with Gasteiger partial charge in [0, 0.05) is 18.7 Å². The summed E-state index contributed by atoms with van der Waals surface area (Å²) in [7, 11) is -3.68. The van der Waals surface area contributed by atoms with Gasteiger partial charge in [-0.15, -0.1) is 6.42 Å². The van der Waals surface area contributed by atoms with Crippen molar-refractivity contribution in [2.75, 3.05) is 29.9 Å². The minimum atomic E-state index is -3.68. The molecule has 1 aliphatic rings. The van der Waals surface area contributed by atoms with Gasteiger partial charge in [0.25, 0.3) is 5.91 Å². The third-order valence-corrected chi connectivity index (χ3v) is 5.92. The van der Waals surface area contributed by atoms with Crippen molar-refractivity contribution in [1.29, 1.82) is 0 Å². The van der Waals surface area contributed by atoms with Crippen molar-refractivity contribution in [2.24, 2.45) is 0 Å². The number of nitrogens with one attached hydrogen (secondary N) is 2. The van der Waals surface area contributed by atoms with E-state index in [-0.39, 0.29) is 17.3 Å². The van der Waals surface area contributed by atoms with E-state index in [9.17, 15) is 13.2 Å². The number of carbonyl (C=O) groups excluding carboxylic acids is 1. The van der Waals surface area contributed by atoms with E-state index < -0.39 is 10.0 Å². The zero-order chi connectivity index (χ0) is 20.0. The molecule has 0 atom stereocenters. The maximum atomic E-state index is 12.4. The van der Waals surface area contributed by atoms with Crippen LogP contribution in [-0.4, -0.2) is 38.9 Å². The molecule has 1 aromatic heterocycles. The molecule has 1 aromatic carbocycles. The highest BCUT2D eigenvalue weighted by atomic mass is 32.2. The molecule has 2 N–H and O–H groups in total. The standard InChI is InChI=1S/C20H22N4O3S/c1-2-12-22-28(26,27)18-9-6-16(7-10-18)20(25)23-19-11-8-17(15-21-19)24-13-4-3-5-14-24/h1,6-11,15,22H,3-5,12-14H2,(H,21,23,25). The average molecular weight is 398 g/mol. The Balaban J connectivity index is 1.63. The second kappa shape index (κ2) is 8.87. The summed E-state index contributed by atoms with van der Waals surface area (Å²) < 4.78 is 26.3. The van der Waals surface area contributed by atoms with Gasteiger partial charge in [0.1, 0.15) is 5.82 Å². The highest BCUT2D eigenvalue weighted by Gasteiger charge is 2.15. The minimum absolute atomic E-state index is 0.0447. The van der Waals surface area contributed by atoms with Gasteiger partial charge in [0.2, 0.25) is 10.0 Å². The lowest BCUT2D eigenvalue weighted by atomic mass is 10.1. The summed E-state index contributed by atoms with van der Waals surface area (Å²) in [5, 5.41) is 2.72. The molecule has 1 amide bonds. The number of benzene rings is 1. The molecule has 7 nitrogen and oxygen atoms in total. The largest absolute Gasteiger partial charge is 0.370 e. The topological polar surface area (TPSA) is 91.4 Å². The number of anilines is 2. The first kappa shape index (κ1) is 19.9. The number of sulfonamides is 1. The van der Waals surface area contributed by atoms with E-state index in [0.29, 0.717) is 11.4 Å². The third kappa shape index (κ3) is 4.88. The molecule has 3 rings (SSSR count). The first-order valence-corrected chi connectivity index (χ1v) is 10.5. The molecule has 1 saturated heterocycles. The van der Waals surface area contributed by atoms with Gasteiger partial charge in [-0.2, -0.15) is 4.72 Å². The summed E-state index contributed by atoms with van der Waals surface area (Å²) in [4.78, 5) is 19.0. The van der Waals surface area contributed by atoms with E-state index in [4.69, 9.17) is 6.42 Å². The van der Waals surface area contributed by atoms with Crippen molar-refractivity contribution in [3.63, 3.8) is 0 Å². The van der Waals surface area contributed by atoms with Gasteiger partial charge in [-0.25, -0.2) is 13.4 Å². The zero-order valence-corrected chi connectivity index (χ0v) is 16.2. The Bertz CT molecular complexity index is 958. The fraction of sp³-hybridized carbons (Fsp3) is 0.300. The summed E-state index contributed by atoms with van der Waals surface area (Å²) in [6.07, 6.45) is 10.4.